The Hall–Kier alpha value is -1.40. The molecule has 0 fully saturated rings. The van der Waals surface area contributed by atoms with E-state index in [1.807, 2.05) is 0 Å². The van der Waals surface area contributed by atoms with E-state index < -0.39 is 18.0 Å². The molecule has 3 nitrogen and oxygen atoms in total. The van der Waals surface area contributed by atoms with E-state index in [0.717, 1.165) is 12.1 Å². The van der Waals surface area contributed by atoms with Crippen LogP contribution in [0.5, 0.6) is 0 Å². The van der Waals surface area contributed by atoms with Gasteiger partial charge in [-0.15, -0.1) is 0 Å². The quantitative estimate of drug-likeness (QED) is 0.764. The molecule has 6 heteroatoms. The number of hydrogen-bond donors (Lipinski definition) is 0. The molecule has 0 aromatic heterocycles. The smallest absolute Gasteiger partial charge is 0.349 e. The van der Waals surface area contributed by atoms with Crippen LogP contribution in [0.15, 0.2) is 24.3 Å². The fourth-order valence-corrected chi connectivity index (χ4v) is 1.46. The number of ether oxygens (including phenoxy) is 2. The lowest BCUT2D eigenvalue weighted by Crippen LogP contribution is -2.26. The Morgan fingerprint density at radius 2 is 1.67 bits per heavy atom. The van der Waals surface area contributed by atoms with E-state index in [1.54, 1.807) is 0 Å². The first-order valence-electron chi connectivity index (χ1n) is 5.13. The number of halogens is 3. The van der Waals surface area contributed by atoms with Crippen molar-refractivity contribution in [2.45, 2.75) is 18.9 Å². The highest BCUT2D eigenvalue weighted by Crippen LogP contribution is 2.29. The number of ketones is 1. The molecule has 0 unspecified atom stereocenters. The summed E-state index contributed by atoms with van der Waals surface area (Å²) in [6.07, 6.45) is -5.40. The third-order valence-corrected chi connectivity index (χ3v) is 2.35. The van der Waals surface area contributed by atoms with Crippen molar-refractivity contribution in [1.29, 1.82) is 0 Å². The van der Waals surface area contributed by atoms with Gasteiger partial charge in [0.2, 0.25) is 6.29 Å². The number of Topliss-reactive ketones (excluding diaryl/α,β-unsaturated/α-hetero) is 1. The van der Waals surface area contributed by atoms with Crippen molar-refractivity contribution < 1.29 is 27.4 Å². The molecule has 100 valence electrons. The molecule has 0 amide bonds. The molecule has 0 aliphatic carbocycles. The summed E-state index contributed by atoms with van der Waals surface area (Å²) in [5.74, 6) is -0.347. The van der Waals surface area contributed by atoms with E-state index in [1.165, 1.54) is 26.4 Å². The molecule has 0 aliphatic heterocycles. The second-order valence-electron chi connectivity index (χ2n) is 3.64. The van der Waals surface area contributed by atoms with Gasteiger partial charge in [0, 0.05) is 20.6 Å². The van der Waals surface area contributed by atoms with Gasteiger partial charge in [-0.25, -0.2) is 0 Å². The molecular formula is C12H13F3O3. The van der Waals surface area contributed by atoms with Gasteiger partial charge < -0.3 is 9.47 Å². The van der Waals surface area contributed by atoms with Crippen LogP contribution < -0.4 is 0 Å². The number of benzene rings is 1. The van der Waals surface area contributed by atoms with Gasteiger partial charge in [-0.1, -0.05) is 12.1 Å². The number of carbonyl (C=O) groups excluding carboxylic acids is 1. The lowest BCUT2D eigenvalue weighted by atomic mass is 10.1. The number of hydrogen-bond acceptors (Lipinski definition) is 3. The third-order valence-electron chi connectivity index (χ3n) is 2.35. The molecule has 0 saturated heterocycles. The van der Waals surface area contributed by atoms with Crippen LogP contribution in [0.1, 0.15) is 11.1 Å². The Labute approximate surface area is 103 Å². The van der Waals surface area contributed by atoms with E-state index in [2.05, 4.69) is 0 Å². The Kier molecular flexibility index (Phi) is 4.86. The normalized spacial score (nSPS) is 11.9. The summed E-state index contributed by atoms with van der Waals surface area (Å²) in [5, 5.41) is 0. The second-order valence-corrected chi connectivity index (χ2v) is 3.64. The van der Waals surface area contributed by atoms with Gasteiger partial charge in [0.15, 0.2) is 5.78 Å². The molecule has 0 spiro atoms. The van der Waals surface area contributed by atoms with Crippen molar-refractivity contribution in [1.82, 2.24) is 0 Å². The van der Waals surface area contributed by atoms with Crippen molar-refractivity contribution in [3.8, 4) is 0 Å². The van der Waals surface area contributed by atoms with Crippen LogP contribution in [-0.2, 0) is 26.9 Å². The number of carbonyl (C=O) groups is 1. The van der Waals surface area contributed by atoms with Gasteiger partial charge in [0.05, 0.1) is 5.56 Å². The summed E-state index contributed by atoms with van der Waals surface area (Å²) in [7, 11) is 2.64. The highest BCUT2D eigenvalue weighted by molar-refractivity contribution is 5.84. The summed E-state index contributed by atoms with van der Waals surface area (Å²) in [4.78, 5) is 11.6. The average Bonchev–Trinajstić information content (AvgIpc) is 2.30. The zero-order chi connectivity index (χ0) is 13.8. The molecule has 1 aromatic carbocycles. The SMILES string of the molecule is COC(OC)C(=O)Cc1ccc(C(F)(F)F)cc1. The topological polar surface area (TPSA) is 35.5 Å². The first-order valence-corrected chi connectivity index (χ1v) is 5.13. The van der Waals surface area contributed by atoms with Gasteiger partial charge in [-0.3, -0.25) is 4.79 Å². The summed E-state index contributed by atoms with van der Waals surface area (Å²) in [6, 6.07) is 4.42. The molecule has 0 heterocycles. The second kappa shape index (κ2) is 5.97. The Bertz CT molecular complexity index is 394. The van der Waals surface area contributed by atoms with Crippen LogP contribution in [0, 0.1) is 0 Å². The van der Waals surface area contributed by atoms with Crippen molar-refractivity contribution in [3.05, 3.63) is 35.4 Å². The van der Waals surface area contributed by atoms with E-state index >= 15 is 0 Å². The highest BCUT2D eigenvalue weighted by Gasteiger charge is 2.30. The van der Waals surface area contributed by atoms with Crippen LogP contribution >= 0.6 is 0 Å². The molecular weight excluding hydrogens is 249 g/mol. The minimum absolute atomic E-state index is 0.0372. The predicted octanol–water partition coefficient (Wildman–Crippen LogP) is 2.44. The van der Waals surface area contributed by atoms with Gasteiger partial charge in [0.1, 0.15) is 0 Å². The van der Waals surface area contributed by atoms with Gasteiger partial charge >= 0.3 is 6.18 Å². The lowest BCUT2D eigenvalue weighted by molar-refractivity contribution is -0.155. The third kappa shape index (κ3) is 3.82. The number of rotatable bonds is 5. The van der Waals surface area contributed by atoms with Gasteiger partial charge in [-0.05, 0) is 17.7 Å². The highest BCUT2D eigenvalue weighted by atomic mass is 19.4. The van der Waals surface area contributed by atoms with E-state index in [9.17, 15) is 18.0 Å². The minimum Gasteiger partial charge on any atom is -0.349 e. The maximum Gasteiger partial charge on any atom is 0.416 e. The molecule has 0 radical (unpaired) electrons. The van der Waals surface area contributed by atoms with Crippen molar-refractivity contribution in [2.75, 3.05) is 14.2 Å². The number of alkyl halides is 3. The summed E-state index contributed by atoms with van der Waals surface area (Å²) < 4.78 is 46.5. The largest absolute Gasteiger partial charge is 0.416 e. The van der Waals surface area contributed by atoms with Crippen LogP contribution in [0.25, 0.3) is 0 Å². The molecule has 18 heavy (non-hydrogen) atoms. The summed E-state index contributed by atoms with van der Waals surface area (Å²) >= 11 is 0. The lowest BCUT2D eigenvalue weighted by Gasteiger charge is -2.12. The Balaban J connectivity index is 2.72. The zero-order valence-electron chi connectivity index (χ0n) is 9.95. The van der Waals surface area contributed by atoms with Crippen LogP contribution in [-0.4, -0.2) is 26.3 Å². The molecule has 0 aliphatic rings. The Morgan fingerprint density at radius 3 is 2.06 bits per heavy atom. The number of methoxy groups -OCH3 is 2. The minimum atomic E-state index is -4.37. The van der Waals surface area contributed by atoms with Crippen molar-refractivity contribution in [2.24, 2.45) is 0 Å². The predicted molar refractivity (Wildman–Crippen MR) is 58.0 cm³/mol. The first-order chi connectivity index (χ1) is 8.38. The average molecular weight is 262 g/mol. The monoisotopic (exact) mass is 262 g/mol. The molecule has 0 atom stereocenters. The van der Waals surface area contributed by atoms with E-state index in [-0.39, 0.29) is 12.2 Å². The maximum absolute atomic E-state index is 12.3. The van der Waals surface area contributed by atoms with Crippen LogP contribution in [0.3, 0.4) is 0 Å². The molecule has 1 aromatic rings. The Morgan fingerprint density at radius 1 is 1.17 bits per heavy atom. The fourth-order valence-electron chi connectivity index (χ4n) is 1.46. The summed E-state index contributed by atoms with van der Waals surface area (Å²) in [5.41, 5.74) is -0.263. The van der Waals surface area contributed by atoms with Gasteiger partial charge in [-0.2, -0.15) is 13.2 Å². The van der Waals surface area contributed by atoms with Crippen LogP contribution in [0.2, 0.25) is 0 Å². The van der Waals surface area contributed by atoms with Crippen molar-refractivity contribution >= 4 is 5.78 Å². The molecule has 0 N–H and O–H groups in total. The van der Waals surface area contributed by atoms with E-state index in [0.29, 0.717) is 5.56 Å². The zero-order valence-corrected chi connectivity index (χ0v) is 9.95. The first kappa shape index (κ1) is 14.7. The molecule has 0 bridgehead atoms. The molecule has 0 saturated carbocycles. The van der Waals surface area contributed by atoms with Crippen LogP contribution in [0.4, 0.5) is 13.2 Å². The van der Waals surface area contributed by atoms with Gasteiger partial charge in [0.25, 0.3) is 0 Å². The van der Waals surface area contributed by atoms with Crippen molar-refractivity contribution in [3.63, 3.8) is 0 Å². The maximum atomic E-state index is 12.3. The fraction of sp³-hybridized carbons (Fsp3) is 0.417. The standard InChI is InChI=1S/C12H13F3O3/c1-17-11(18-2)10(16)7-8-3-5-9(6-4-8)12(13,14)15/h3-6,11H,7H2,1-2H3. The molecule has 1 rings (SSSR count). The van der Waals surface area contributed by atoms with E-state index in [4.69, 9.17) is 9.47 Å². The summed E-state index contributed by atoms with van der Waals surface area (Å²) in [6.45, 7) is 0.